The highest BCUT2D eigenvalue weighted by Gasteiger charge is 2.14. The van der Waals surface area contributed by atoms with Crippen molar-refractivity contribution in [3.8, 4) is 0 Å². The lowest BCUT2D eigenvalue weighted by atomic mass is 9.87. The van der Waals surface area contributed by atoms with Crippen molar-refractivity contribution in [3.05, 3.63) is 95.6 Å². The summed E-state index contributed by atoms with van der Waals surface area (Å²) in [5, 5.41) is 8.68. The van der Waals surface area contributed by atoms with Crippen LogP contribution in [0.15, 0.2) is 78.9 Å². The molecule has 5 nitrogen and oxygen atoms in total. The number of benzene rings is 3. The molecule has 3 aromatic carbocycles. The molecule has 0 aromatic heterocycles. The van der Waals surface area contributed by atoms with Crippen LogP contribution in [0.3, 0.4) is 0 Å². The van der Waals surface area contributed by atoms with Crippen LogP contribution in [0.25, 0.3) is 0 Å². The topological polar surface area (TPSA) is 70.2 Å². The second-order valence-corrected chi connectivity index (χ2v) is 8.54. The highest BCUT2D eigenvalue weighted by molar-refractivity contribution is 7.80. The number of thiocarbonyl (C=S) groups is 1. The Kier molecular flexibility index (Phi) is 6.82. The van der Waals surface area contributed by atoms with Gasteiger partial charge in [-0.1, -0.05) is 51.1 Å². The van der Waals surface area contributed by atoms with Gasteiger partial charge in [0.25, 0.3) is 11.8 Å². The van der Waals surface area contributed by atoms with Crippen LogP contribution in [-0.4, -0.2) is 16.9 Å². The first-order valence-corrected chi connectivity index (χ1v) is 10.3. The third kappa shape index (κ3) is 6.23. The van der Waals surface area contributed by atoms with Crippen LogP contribution < -0.4 is 16.0 Å². The third-order valence-corrected chi connectivity index (χ3v) is 4.88. The van der Waals surface area contributed by atoms with E-state index in [1.807, 2.05) is 30.3 Å². The van der Waals surface area contributed by atoms with Gasteiger partial charge in [0.1, 0.15) is 0 Å². The molecular formula is C25H25N3O2S. The molecule has 3 rings (SSSR count). The second kappa shape index (κ2) is 9.53. The Balaban J connectivity index is 1.55. The SMILES string of the molecule is CC(C)(C)c1ccc(C(=O)Nc2ccc(NC(=S)NC(=O)c3ccccc3)cc2)cc1. The zero-order valence-corrected chi connectivity index (χ0v) is 18.5. The maximum absolute atomic E-state index is 12.5. The smallest absolute Gasteiger partial charge is 0.257 e. The standard InChI is InChI=1S/C25H25N3O2S/c1-25(2,3)19-11-9-18(10-12-19)22(29)26-20-13-15-21(16-14-20)27-24(31)28-23(30)17-7-5-4-6-8-17/h4-16H,1-3H3,(H,26,29)(H2,27,28,30,31). The van der Waals surface area contributed by atoms with Gasteiger partial charge in [-0.05, 0) is 71.7 Å². The zero-order valence-electron chi connectivity index (χ0n) is 17.7. The van der Waals surface area contributed by atoms with E-state index in [-0.39, 0.29) is 22.3 Å². The van der Waals surface area contributed by atoms with Gasteiger partial charge in [0.15, 0.2) is 5.11 Å². The maximum Gasteiger partial charge on any atom is 0.257 e. The first-order valence-electron chi connectivity index (χ1n) is 9.92. The normalized spacial score (nSPS) is 10.8. The van der Waals surface area contributed by atoms with Gasteiger partial charge in [0, 0.05) is 22.5 Å². The molecule has 0 saturated carbocycles. The van der Waals surface area contributed by atoms with E-state index in [1.165, 1.54) is 5.56 Å². The van der Waals surface area contributed by atoms with Crippen LogP contribution in [0.1, 0.15) is 47.1 Å². The molecule has 0 radical (unpaired) electrons. The lowest BCUT2D eigenvalue weighted by Crippen LogP contribution is -2.34. The van der Waals surface area contributed by atoms with Gasteiger partial charge in [-0.3, -0.25) is 14.9 Å². The largest absolute Gasteiger partial charge is 0.332 e. The Morgan fingerprint density at radius 1 is 0.677 bits per heavy atom. The average Bonchev–Trinajstić information content (AvgIpc) is 2.75. The van der Waals surface area contributed by atoms with Crippen LogP contribution in [0.5, 0.6) is 0 Å². The van der Waals surface area contributed by atoms with Crippen molar-refractivity contribution in [2.75, 3.05) is 10.6 Å². The highest BCUT2D eigenvalue weighted by Crippen LogP contribution is 2.22. The van der Waals surface area contributed by atoms with Crippen LogP contribution in [-0.2, 0) is 5.41 Å². The molecule has 0 fully saturated rings. The van der Waals surface area contributed by atoms with Crippen LogP contribution in [0.4, 0.5) is 11.4 Å². The summed E-state index contributed by atoms with van der Waals surface area (Å²) in [5.74, 6) is -0.453. The number of rotatable bonds is 4. The van der Waals surface area contributed by atoms with E-state index in [4.69, 9.17) is 12.2 Å². The van der Waals surface area contributed by atoms with Gasteiger partial charge in [-0.15, -0.1) is 0 Å². The summed E-state index contributed by atoms with van der Waals surface area (Å²) in [6.45, 7) is 6.41. The van der Waals surface area contributed by atoms with Crippen molar-refractivity contribution in [3.63, 3.8) is 0 Å². The minimum Gasteiger partial charge on any atom is -0.332 e. The summed E-state index contributed by atoms with van der Waals surface area (Å²) < 4.78 is 0. The van der Waals surface area contributed by atoms with E-state index in [1.54, 1.807) is 48.5 Å². The molecule has 0 aliphatic rings. The number of hydrogen-bond acceptors (Lipinski definition) is 3. The summed E-state index contributed by atoms with van der Waals surface area (Å²) in [4.78, 5) is 24.6. The molecule has 3 N–H and O–H groups in total. The Bertz CT molecular complexity index is 1070. The highest BCUT2D eigenvalue weighted by atomic mass is 32.1. The van der Waals surface area contributed by atoms with Crippen molar-refractivity contribution in [1.29, 1.82) is 0 Å². The summed E-state index contributed by atoms with van der Waals surface area (Å²) in [6, 6.07) is 23.6. The maximum atomic E-state index is 12.5. The summed E-state index contributed by atoms with van der Waals surface area (Å²) in [7, 11) is 0. The van der Waals surface area contributed by atoms with E-state index in [0.717, 1.165) is 0 Å². The number of anilines is 2. The molecule has 0 unspecified atom stereocenters. The van der Waals surface area contributed by atoms with Gasteiger partial charge in [-0.25, -0.2) is 0 Å². The zero-order chi connectivity index (χ0) is 22.4. The van der Waals surface area contributed by atoms with Crippen LogP contribution >= 0.6 is 12.2 Å². The number of nitrogens with one attached hydrogen (secondary N) is 3. The van der Waals surface area contributed by atoms with E-state index >= 15 is 0 Å². The lowest BCUT2D eigenvalue weighted by molar-refractivity contribution is 0.0976. The molecule has 0 atom stereocenters. The van der Waals surface area contributed by atoms with E-state index in [9.17, 15) is 9.59 Å². The number of carbonyl (C=O) groups is 2. The summed E-state index contributed by atoms with van der Waals surface area (Å²) >= 11 is 5.20. The molecule has 0 saturated heterocycles. The summed E-state index contributed by atoms with van der Waals surface area (Å²) in [6.07, 6.45) is 0. The fraction of sp³-hybridized carbons (Fsp3) is 0.160. The van der Waals surface area contributed by atoms with Crippen LogP contribution in [0, 0.1) is 0 Å². The predicted octanol–water partition coefficient (Wildman–Crippen LogP) is 5.36. The third-order valence-electron chi connectivity index (χ3n) is 4.68. The van der Waals surface area contributed by atoms with E-state index in [2.05, 4.69) is 36.7 Å². The van der Waals surface area contributed by atoms with E-state index in [0.29, 0.717) is 22.5 Å². The lowest BCUT2D eigenvalue weighted by Gasteiger charge is -2.19. The second-order valence-electron chi connectivity index (χ2n) is 8.13. The Labute approximate surface area is 187 Å². The summed E-state index contributed by atoms with van der Waals surface area (Å²) in [5.41, 5.74) is 3.70. The molecule has 0 aliphatic carbocycles. The molecular weight excluding hydrogens is 406 g/mol. The van der Waals surface area contributed by atoms with Gasteiger partial charge < -0.3 is 10.6 Å². The Morgan fingerprint density at radius 2 is 1.19 bits per heavy atom. The van der Waals surface area contributed by atoms with Gasteiger partial charge in [-0.2, -0.15) is 0 Å². The average molecular weight is 432 g/mol. The molecule has 158 valence electrons. The number of hydrogen-bond donors (Lipinski definition) is 3. The monoisotopic (exact) mass is 431 g/mol. The minimum atomic E-state index is -0.278. The number of amides is 2. The molecule has 2 amide bonds. The van der Waals surface area contributed by atoms with Crippen molar-refractivity contribution in [1.82, 2.24) is 5.32 Å². The molecule has 0 aliphatic heterocycles. The molecule has 0 heterocycles. The fourth-order valence-electron chi connectivity index (χ4n) is 2.89. The van der Waals surface area contributed by atoms with Crippen molar-refractivity contribution in [2.45, 2.75) is 26.2 Å². The first kappa shape index (κ1) is 22.2. The van der Waals surface area contributed by atoms with Crippen molar-refractivity contribution in [2.24, 2.45) is 0 Å². The molecule has 6 heteroatoms. The molecule has 31 heavy (non-hydrogen) atoms. The Hall–Kier alpha value is -3.51. The quantitative estimate of drug-likeness (QED) is 0.486. The first-order chi connectivity index (χ1) is 14.7. The number of carbonyl (C=O) groups excluding carboxylic acids is 2. The molecule has 0 spiro atoms. The fourth-order valence-corrected chi connectivity index (χ4v) is 3.10. The van der Waals surface area contributed by atoms with Gasteiger partial charge >= 0.3 is 0 Å². The van der Waals surface area contributed by atoms with Crippen LogP contribution in [0.2, 0.25) is 0 Å². The van der Waals surface area contributed by atoms with Crippen molar-refractivity contribution >= 4 is 40.5 Å². The van der Waals surface area contributed by atoms with Crippen molar-refractivity contribution < 1.29 is 9.59 Å². The molecule has 3 aromatic rings. The Morgan fingerprint density at radius 3 is 1.74 bits per heavy atom. The van der Waals surface area contributed by atoms with Gasteiger partial charge in [0.2, 0.25) is 0 Å². The van der Waals surface area contributed by atoms with Gasteiger partial charge in [0.05, 0.1) is 0 Å². The molecule has 0 bridgehead atoms. The minimum absolute atomic E-state index is 0.0407. The van der Waals surface area contributed by atoms with E-state index < -0.39 is 0 Å². The predicted molar refractivity (Wildman–Crippen MR) is 130 cm³/mol.